The van der Waals surface area contributed by atoms with Crippen molar-refractivity contribution < 1.29 is 9.90 Å². The second-order valence-electron chi connectivity index (χ2n) is 3.02. The van der Waals surface area contributed by atoms with Crippen molar-refractivity contribution in [3.8, 4) is 0 Å². The molecule has 2 unspecified atom stereocenters. The van der Waals surface area contributed by atoms with Crippen molar-refractivity contribution in [3.05, 3.63) is 0 Å². The van der Waals surface area contributed by atoms with Crippen LogP contribution in [0.3, 0.4) is 0 Å². The third kappa shape index (κ3) is 2.44. The number of hydrogen-bond acceptors (Lipinski definition) is 1. The van der Waals surface area contributed by atoms with E-state index >= 15 is 0 Å². The zero-order valence-corrected chi connectivity index (χ0v) is 10.6. The summed E-state index contributed by atoms with van der Waals surface area (Å²) in [6.07, 6.45) is 2.31. The molecule has 2 nitrogen and oxygen atoms in total. The molecule has 0 spiro atoms. The Morgan fingerprint density at radius 3 is 2.25 bits per heavy atom. The maximum absolute atomic E-state index is 10.7. The molecule has 0 radical (unpaired) electrons. The van der Waals surface area contributed by atoms with Crippen LogP contribution in [0.4, 0.5) is 0 Å². The predicted octanol–water partition coefficient (Wildman–Crippen LogP) is 2.90. The van der Waals surface area contributed by atoms with Crippen LogP contribution in [-0.4, -0.2) is 21.6 Å². The van der Waals surface area contributed by atoms with Gasteiger partial charge < -0.3 is 0 Å². The van der Waals surface area contributed by atoms with E-state index in [-0.39, 0.29) is 4.75 Å². The molecule has 0 saturated heterocycles. The molecule has 1 saturated carbocycles. The fourth-order valence-electron chi connectivity index (χ4n) is 1.65. The Bertz CT molecular complexity index is 192. The summed E-state index contributed by atoms with van der Waals surface area (Å²) in [7, 11) is 14.2. The van der Waals surface area contributed by atoms with E-state index in [1.54, 1.807) is 0 Å². The third-order valence-electron chi connectivity index (χ3n) is 2.25. The monoisotopic (exact) mass is 292 g/mol. The number of carboxylic acid groups (broad SMARTS) is 1. The fraction of sp³-hybridized carbons (Fsp3) is 0.833. The average molecular weight is 292 g/mol. The van der Waals surface area contributed by atoms with E-state index in [9.17, 15) is 4.79 Å². The van der Waals surface area contributed by atoms with Gasteiger partial charge in [0.05, 0.1) is 0 Å². The van der Waals surface area contributed by atoms with Crippen molar-refractivity contribution in [2.75, 3.05) is 0 Å². The van der Waals surface area contributed by atoms with Gasteiger partial charge in [-0.25, -0.2) is 0 Å². The Morgan fingerprint density at radius 2 is 1.92 bits per heavy atom. The summed E-state index contributed by atoms with van der Waals surface area (Å²) in [6.45, 7) is 0. The number of aliphatic carboxylic acids is 1. The summed E-state index contributed by atoms with van der Waals surface area (Å²) in [6, 6.07) is 0. The summed E-state index contributed by atoms with van der Waals surface area (Å²) >= 11 is 0. The average Bonchev–Trinajstić information content (AvgIpc) is 2.30. The first-order valence-electron chi connectivity index (χ1n) is 3.72. The summed E-state index contributed by atoms with van der Waals surface area (Å²) in [4.78, 5) is 10.7. The first-order valence-corrected chi connectivity index (χ1v) is 13.2. The molecule has 0 aromatic carbocycles. The minimum absolute atomic E-state index is 0.146. The molecular weight excluding hydrogens is 283 g/mol. The maximum atomic E-state index is 10.7. The molecule has 0 aromatic rings. The van der Waals surface area contributed by atoms with Gasteiger partial charge in [-0.1, -0.05) is 0 Å². The molecule has 0 bridgehead atoms. The van der Waals surface area contributed by atoms with Crippen molar-refractivity contribution >= 4 is 46.5 Å². The van der Waals surface area contributed by atoms with E-state index in [0.29, 0.717) is 6.42 Å². The molecule has 70 valence electrons. The van der Waals surface area contributed by atoms with Gasteiger partial charge in [-0.3, -0.25) is 0 Å². The van der Waals surface area contributed by atoms with E-state index in [2.05, 4.69) is 0 Å². The van der Waals surface area contributed by atoms with Gasteiger partial charge in [0, 0.05) is 0 Å². The summed E-state index contributed by atoms with van der Waals surface area (Å²) in [5, 5.41) is 8.80. The van der Waals surface area contributed by atoms with Crippen molar-refractivity contribution in [3.63, 3.8) is 0 Å². The van der Waals surface area contributed by atoms with Crippen LogP contribution in [0.2, 0.25) is 4.75 Å². The molecule has 2 atom stereocenters. The molecule has 0 amide bonds. The van der Waals surface area contributed by atoms with Crippen LogP contribution in [0.5, 0.6) is 0 Å². The number of halogens is 3. The van der Waals surface area contributed by atoms with Crippen LogP contribution >= 0.6 is 30.0 Å². The minimum atomic E-state index is -3.30. The summed E-state index contributed by atoms with van der Waals surface area (Å²) in [5.41, 5.74) is 0. The zero-order chi connectivity index (χ0) is 9.35. The quantitative estimate of drug-likeness (QED) is 0.795. The number of hydrogen-bond donors (Lipinski definition) is 1. The molecule has 6 heteroatoms. The van der Waals surface area contributed by atoms with E-state index in [0.717, 1.165) is 12.8 Å². The fourth-order valence-corrected chi connectivity index (χ4v) is 8.44. The third-order valence-corrected chi connectivity index (χ3v) is 9.84. The molecule has 0 aliphatic heterocycles. The van der Waals surface area contributed by atoms with E-state index < -0.39 is 22.4 Å². The predicted molar refractivity (Wildman–Crippen MR) is 52.0 cm³/mol. The molecule has 0 aromatic heterocycles. The molecule has 1 aliphatic rings. The van der Waals surface area contributed by atoms with Crippen LogP contribution in [-0.2, 0) is 4.79 Å². The second-order valence-corrected chi connectivity index (χ2v) is 19.2. The molecule has 12 heavy (non-hydrogen) atoms. The topological polar surface area (TPSA) is 37.3 Å². The van der Waals surface area contributed by atoms with Crippen molar-refractivity contribution in [2.24, 2.45) is 5.92 Å². The first-order chi connectivity index (χ1) is 5.43. The Morgan fingerprint density at radius 1 is 1.33 bits per heavy atom. The molecule has 1 fully saturated rings. The van der Waals surface area contributed by atoms with Gasteiger partial charge in [0.2, 0.25) is 0 Å². The Balaban J connectivity index is 2.71. The Labute approximate surface area is 86.1 Å². The summed E-state index contributed by atoms with van der Waals surface area (Å²) < 4.78 is -0.146. The molecule has 1 N–H and O–H groups in total. The normalized spacial score (nSPS) is 30.6. The van der Waals surface area contributed by atoms with Crippen molar-refractivity contribution in [1.29, 1.82) is 0 Å². The molecule has 1 rings (SSSR count). The van der Waals surface area contributed by atoms with Crippen LogP contribution in [0.15, 0.2) is 0 Å². The first kappa shape index (κ1) is 11.0. The molecular formula is C6H9Cl3GeO2. The van der Waals surface area contributed by atoms with Gasteiger partial charge in [0.25, 0.3) is 0 Å². The van der Waals surface area contributed by atoms with Gasteiger partial charge in [0.1, 0.15) is 0 Å². The molecule has 0 heterocycles. The number of carbonyl (C=O) groups is 1. The Kier molecular flexibility index (Phi) is 3.61. The van der Waals surface area contributed by atoms with Crippen molar-refractivity contribution in [2.45, 2.75) is 24.0 Å². The van der Waals surface area contributed by atoms with Crippen LogP contribution < -0.4 is 0 Å². The van der Waals surface area contributed by atoms with Gasteiger partial charge in [-0.2, -0.15) is 0 Å². The van der Waals surface area contributed by atoms with Gasteiger partial charge in [0.15, 0.2) is 0 Å². The number of carboxylic acids is 1. The van der Waals surface area contributed by atoms with E-state index in [1.165, 1.54) is 0 Å². The summed E-state index contributed by atoms with van der Waals surface area (Å²) in [5.74, 6) is -1.22. The van der Waals surface area contributed by atoms with Gasteiger partial charge in [-0.15, -0.1) is 0 Å². The van der Waals surface area contributed by atoms with Crippen LogP contribution in [0.25, 0.3) is 0 Å². The molecule has 1 aliphatic carbocycles. The SMILES string of the molecule is O=C(O)C1CCC[CH]1[Ge]([Cl])([Cl])[Cl]. The van der Waals surface area contributed by atoms with E-state index in [1.807, 2.05) is 0 Å². The second kappa shape index (κ2) is 3.95. The van der Waals surface area contributed by atoms with Crippen molar-refractivity contribution in [1.82, 2.24) is 0 Å². The van der Waals surface area contributed by atoms with E-state index in [4.69, 9.17) is 35.1 Å². The van der Waals surface area contributed by atoms with Gasteiger partial charge >= 0.3 is 86.3 Å². The standard InChI is InChI=1S/C6H9Cl3GeO2/c7-10(8,9)5-3-1-2-4(5)6(11)12/h4-5H,1-3H2,(H,11,12). The zero-order valence-electron chi connectivity index (χ0n) is 6.27. The van der Waals surface area contributed by atoms with Crippen LogP contribution in [0.1, 0.15) is 19.3 Å². The van der Waals surface area contributed by atoms with Crippen LogP contribution in [0, 0.1) is 5.92 Å². The van der Waals surface area contributed by atoms with Gasteiger partial charge in [-0.05, 0) is 0 Å². The number of rotatable bonds is 2. The Hall–Kier alpha value is 0.883.